The highest BCUT2D eigenvalue weighted by Gasteiger charge is 2.41. The number of aromatic nitrogens is 3. The van der Waals surface area contributed by atoms with Crippen LogP contribution in [0.2, 0.25) is 0 Å². The fourth-order valence-electron chi connectivity index (χ4n) is 5.30. The van der Waals surface area contributed by atoms with Crippen LogP contribution < -0.4 is 15.9 Å². The number of halogens is 3. The molecule has 13 heteroatoms. The first kappa shape index (κ1) is 29.5. The largest absolute Gasteiger partial charge is 0.416 e. The number of nitrogens with zero attached hydrogens (tertiary/aromatic N) is 7. The van der Waals surface area contributed by atoms with Gasteiger partial charge >= 0.3 is 11.9 Å². The summed E-state index contributed by atoms with van der Waals surface area (Å²) in [4.78, 5) is 38.9. The van der Waals surface area contributed by atoms with E-state index in [1.54, 1.807) is 13.1 Å². The average Bonchev–Trinajstić information content (AvgIpc) is 2.97. The lowest BCUT2D eigenvalue weighted by Crippen LogP contribution is -2.61. The summed E-state index contributed by atoms with van der Waals surface area (Å²) in [6.45, 7) is 4.28. The lowest BCUT2D eigenvalue weighted by atomic mass is 9.95. The predicted molar refractivity (Wildman–Crippen MR) is 145 cm³/mol. The summed E-state index contributed by atoms with van der Waals surface area (Å²) in [6.07, 6.45) is -3.37. The van der Waals surface area contributed by atoms with E-state index in [2.05, 4.69) is 15.3 Å². The summed E-state index contributed by atoms with van der Waals surface area (Å²) in [5, 5.41) is 21.0. The Hall–Kier alpha value is -4.49. The van der Waals surface area contributed by atoms with E-state index in [1.807, 2.05) is 35.8 Å². The predicted octanol–water partition coefficient (Wildman–Crippen LogP) is 3.28. The van der Waals surface area contributed by atoms with E-state index >= 15 is 0 Å². The lowest BCUT2D eigenvalue weighted by Gasteiger charge is -2.49. The van der Waals surface area contributed by atoms with Crippen LogP contribution in [0.1, 0.15) is 49.6 Å². The molecular formula is C28H29F3N8O2. The highest BCUT2D eigenvalue weighted by atomic mass is 19.4. The van der Waals surface area contributed by atoms with Crippen molar-refractivity contribution in [2.24, 2.45) is 7.05 Å². The monoisotopic (exact) mass is 566 g/mol. The minimum atomic E-state index is -4.52. The number of carbonyl (C=O) groups excluding carboxylic acids is 1. The quantitative estimate of drug-likeness (QED) is 0.431. The third kappa shape index (κ3) is 5.86. The Labute approximate surface area is 234 Å². The van der Waals surface area contributed by atoms with Gasteiger partial charge in [0.15, 0.2) is 5.82 Å². The molecule has 1 N–H and O–H groups in total. The van der Waals surface area contributed by atoms with Crippen LogP contribution >= 0.6 is 0 Å². The molecule has 0 aliphatic carbocycles. The zero-order chi connectivity index (χ0) is 29.9. The zero-order valence-corrected chi connectivity index (χ0v) is 22.8. The fourth-order valence-corrected chi connectivity index (χ4v) is 5.30. The molecule has 4 rings (SSSR count). The van der Waals surface area contributed by atoms with E-state index in [1.165, 1.54) is 22.8 Å². The van der Waals surface area contributed by atoms with Crippen molar-refractivity contribution in [3.05, 3.63) is 63.7 Å². The van der Waals surface area contributed by atoms with E-state index in [-0.39, 0.29) is 24.3 Å². The van der Waals surface area contributed by atoms with Gasteiger partial charge in [-0.25, -0.2) is 9.78 Å². The van der Waals surface area contributed by atoms with Crippen LogP contribution in [0.15, 0.2) is 41.2 Å². The van der Waals surface area contributed by atoms with Crippen molar-refractivity contribution in [2.45, 2.75) is 51.0 Å². The topological polar surface area (TPSA) is 131 Å². The number of nitrogens with one attached hydrogen (secondary N) is 1. The van der Waals surface area contributed by atoms with E-state index in [0.29, 0.717) is 48.3 Å². The molecule has 1 aromatic carbocycles. The molecule has 1 amide bonds. The first-order chi connectivity index (χ1) is 19.5. The van der Waals surface area contributed by atoms with E-state index in [9.17, 15) is 28.0 Å². The van der Waals surface area contributed by atoms with Gasteiger partial charge < -0.3 is 10.2 Å². The molecule has 1 aliphatic rings. The number of aryl methyl sites for hydroxylation is 1. The highest BCUT2D eigenvalue weighted by molar-refractivity contribution is 5.87. The van der Waals surface area contributed by atoms with Crippen molar-refractivity contribution in [1.29, 1.82) is 10.5 Å². The maximum atomic E-state index is 13.4. The molecule has 41 heavy (non-hydrogen) atoms. The number of piperazine rings is 1. The minimum absolute atomic E-state index is 0.175. The molecule has 1 fully saturated rings. The van der Waals surface area contributed by atoms with Crippen LogP contribution in [0.3, 0.4) is 0 Å². The van der Waals surface area contributed by atoms with Crippen molar-refractivity contribution >= 4 is 22.8 Å². The van der Waals surface area contributed by atoms with Gasteiger partial charge in [-0.3, -0.25) is 14.3 Å². The van der Waals surface area contributed by atoms with Gasteiger partial charge in [-0.05, 0) is 42.7 Å². The Morgan fingerprint density at radius 3 is 2.34 bits per heavy atom. The van der Waals surface area contributed by atoms with E-state index in [0.717, 1.165) is 12.1 Å². The van der Waals surface area contributed by atoms with Gasteiger partial charge in [0.1, 0.15) is 29.9 Å². The Balaban J connectivity index is 1.78. The second-order valence-corrected chi connectivity index (χ2v) is 9.82. The Morgan fingerprint density at radius 1 is 1.07 bits per heavy atom. The summed E-state index contributed by atoms with van der Waals surface area (Å²) in [7, 11) is 1.58. The number of anilines is 1. The molecule has 1 aliphatic heterocycles. The fraction of sp³-hybridized carbons (Fsp3) is 0.429. The molecule has 0 bridgehead atoms. The molecule has 3 atom stereocenters. The SMILES string of the molecule is CC[C@H]1CN(C(C(=O)NCC#N)c2ccc(C(F)(F)F)cc2)[C@H](CC)CN1c1nc(=O)n(C)c2ccc(C#N)nc12. The van der Waals surface area contributed by atoms with Crippen molar-refractivity contribution < 1.29 is 18.0 Å². The number of hydrogen-bond acceptors (Lipinski definition) is 8. The molecular weight excluding hydrogens is 537 g/mol. The number of amides is 1. The maximum absolute atomic E-state index is 13.4. The number of hydrogen-bond donors (Lipinski definition) is 1. The van der Waals surface area contributed by atoms with Gasteiger partial charge in [0.05, 0.1) is 17.1 Å². The molecule has 0 spiro atoms. The van der Waals surface area contributed by atoms with Crippen molar-refractivity contribution in [3.63, 3.8) is 0 Å². The normalized spacial score (nSPS) is 18.5. The molecule has 3 heterocycles. The van der Waals surface area contributed by atoms with Crippen LogP contribution in [0.5, 0.6) is 0 Å². The van der Waals surface area contributed by atoms with E-state index < -0.39 is 29.4 Å². The number of alkyl halides is 3. The van der Waals surface area contributed by atoms with Gasteiger partial charge in [0.25, 0.3) is 0 Å². The Morgan fingerprint density at radius 2 is 1.76 bits per heavy atom. The molecule has 1 unspecified atom stereocenters. The van der Waals surface area contributed by atoms with Crippen LogP contribution in [0, 0.1) is 22.7 Å². The number of pyridine rings is 1. The number of benzene rings is 1. The summed E-state index contributed by atoms with van der Waals surface area (Å²) in [6, 6.07) is 10.1. The van der Waals surface area contributed by atoms with Gasteiger partial charge in [0, 0.05) is 32.2 Å². The third-order valence-corrected chi connectivity index (χ3v) is 7.48. The second-order valence-electron chi connectivity index (χ2n) is 9.82. The van der Waals surface area contributed by atoms with Crippen LogP contribution in [-0.2, 0) is 18.0 Å². The lowest BCUT2D eigenvalue weighted by molar-refractivity contribution is -0.137. The van der Waals surface area contributed by atoms with Crippen molar-refractivity contribution in [1.82, 2.24) is 24.8 Å². The number of fused-ring (bicyclic) bond motifs is 1. The van der Waals surface area contributed by atoms with Gasteiger partial charge in [-0.2, -0.15) is 28.7 Å². The summed E-state index contributed by atoms with van der Waals surface area (Å²) in [5.74, 6) is -0.157. The summed E-state index contributed by atoms with van der Waals surface area (Å²) < 4.78 is 41.1. The van der Waals surface area contributed by atoms with Gasteiger partial charge in [-0.1, -0.05) is 26.0 Å². The maximum Gasteiger partial charge on any atom is 0.416 e. The molecule has 10 nitrogen and oxygen atoms in total. The van der Waals surface area contributed by atoms with Crippen LogP contribution in [0.25, 0.3) is 11.0 Å². The smallest absolute Gasteiger partial charge is 0.349 e. The first-order valence-corrected chi connectivity index (χ1v) is 13.2. The number of rotatable bonds is 7. The zero-order valence-electron chi connectivity index (χ0n) is 22.8. The average molecular weight is 567 g/mol. The molecule has 0 radical (unpaired) electrons. The highest BCUT2D eigenvalue weighted by Crippen LogP contribution is 2.35. The van der Waals surface area contributed by atoms with Crippen LogP contribution in [-0.4, -0.2) is 57.1 Å². The minimum Gasteiger partial charge on any atom is -0.349 e. The standard InChI is InChI=1S/C28H29F3N8O2/c1-4-20-16-39(25-23-22(37(3)27(41)36-25)11-10-19(14-33)35-23)21(5-2)15-38(20)24(26(40)34-13-12-32)17-6-8-18(9-7-17)28(29,30)31/h6-11,20-21,24H,4-5,13,15-16H2,1-3H3,(H,34,40)/t20-,21+,24?/m1/s1. The molecule has 3 aromatic rings. The molecule has 214 valence electrons. The van der Waals surface area contributed by atoms with Crippen molar-refractivity contribution in [2.75, 3.05) is 24.5 Å². The van der Waals surface area contributed by atoms with Gasteiger partial charge in [-0.15, -0.1) is 0 Å². The second kappa shape index (κ2) is 11.9. The Kier molecular flexibility index (Phi) is 8.59. The molecule has 1 saturated heterocycles. The van der Waals surface area contributed by atoms with Crippen LogP contribution in [0.4, 0.5) is 19.0 Å². The van der Waals surface area contributed by atoms with E-state index in [4.69, 9.17) is 5.26 Å². The number of nitriles is 2. The summed E-state index contributed by atoms with van der Waals surface area (Å²) >= 11 is 0. The number of carbonyl (C=O) groups is 1. The molecule has 0 saturated carbocycles. The summed E-state index contributed by atoms with van der Waals surface area (Å²) in [5.41, 5.74) is 0.153. The molecule has 2 aromatic heterocycles. The third-order valence-electron chi connectivity index (χ3n) is 7.48. The van der Waals surface area contributed by atoms with Gasteiger partial charge in [0.2, 0.25) is 5.91 Å². The first-order valence-electron chi connectivity index (χ1n) is 13.2. The van der Waals surface area contributed by atoms with Crippen molar-refractivity contribution in [3.8, 4) is 12.1 Å². The Bertz CT molecular complexity index is 1570.